The molecule has 0 unspecified atom stereocenters. The molecule has 2 aliphatic heterocycles. The Bertz CT molecular complexity index is 613. The molecule has 2 saturated heterocycles. The van der Waals surface area contributed by atoms with Crippen molar-refractivity contribution in [1.82, 2.24) is 20.5 Å². The molecule has 1 aromatic heterocycles. The van der Waals surface area contributed by atoms with Gasteiger partial charge in [0.05, 0.1) is 6.54 Å². The first-order chi connectivity index (χ1) is 12.0. The molecule has 0 spiro atoms. The van der Waals surface area contributed by atoms with E-state index in [2.05, 4.69) is 29.5 Å². The van der Waals surface area contributed by atoms with Gasteiger partial charge in [-0.25, -0.2) is 4.79 Å². The lowest BCUT2D eigenvalue weighted by atomic mass is 9.74. The number of carbonyl (C=O) groups is 2. The van der Waals surface area contributed by atoms with Gasteiger partial charge in [-0.15, -0.1) is 0 Å². The van der Waals surface area contributed by atoms with E-state index in [1.54, 1.807) is 12.4 Å². The summed E-state index contributed by atoms with van der Waals surface area (Å²) >= 11 is 0. The molecule has 2 N–H and O–H groups in total. The van der Waals surface area contributed by atoms with Crippen LogP contribution in [0.3, 0.4) is 0 Å². The summed E-state index contributed by atoms with van der Waals surface area (Å²) in [7, 11) is 0. The molecule has 136 valence electrons. The molecule has 0 aromatic carbocycles. The maximum Gasteiger partial charge on any atom is 0.325 e. The van der Waals surface area contributed by atoms with Gasteiger partial charge in [-0.05, 0) is 62.2 Å². The van der Waals surface area contributed by atoms with E-state index in [1.165, 1.54) is 4.90 Å². The van der Waals surface area contributed by atoms with Gasteiger partial charge in [0, 0.05) is 12.4 Å². The fraction of sp³-hybridized carbons (Fsp3) is 0.632. The lowest BCUT2D eigenvalue weighted by Crippen LogP contribution is -2.55. The van der Waals surface area contributed by atoms with Crippen molar-refractivity contribution in [3.63, 3.8) is 0 Å². The van der Waals surface area contributed by atoms with E-state index in [1.807, 2.05) is 12.1 Å². The molecule has 2 fully saturated rings. The van der Waals surface area contributed by atoms with Crippen LogP contribution in [0.1, 0.15) is 45.1 Å². The van der Waals surface area contributed by atoms with Gasteiger partial charge in [-0.2, -0.15) is 0 Å². The molecule has 6 nitrogen and oxygen atoms in total. The van der Waals surface area contributed by atoms with Crippen LogP contribution in [0.15, 0.2) is 24.5 Å². The summed E-state index contributed by atoms with van der Waals surface area (Å²) in [4.78, 5) is 31.5. The monoisotopic (exact) mass is 344 g/mol. The summed E-state index contributed by atoms with van der Waals surface area (Å²) in [5.41, 5.74) is 0.127. The predicted octanol–water partition coefficient (Wildman–Crippen LogP) is 2.31. The van der Waals surface area contributed by atoms with Crippen molar-refractivity contribution in [2.24, 2.45) is 11.8 Å². The van der Waals surface area contributed by atoms with Crippen LogP contribution in [0.2, 0.25) is 0 Å². The highest BCUT2D eigenvalue weighted by atomic mass is 16.2. The van der Waals surface area contributed by atoms with Crippen LogP contribution in [-0.2, 0) is 11.3 Å². The zero-order valence-corrected chi connectivity index (χ0v) is 15.1. The molecule has 0 bridgehead atoms. The first kappa shape index (κ1) is 17.9. The van der Waals surface area contributed by atoms with Crippen LogP contribution in [0.5, 0.6) is 0 Å². The zero-order valence-electron chi connectivity index (χ0n) is 15.1. The predicted molar refractivity (Wildman–Crippen MR) is 95.7 cm³/mol. The maximum atomic E-state index is 13.4. The first-order valence-electron chi connectivity index (χ1n) is 9.26. The van der Waals surface area contributed by atoms with Gasteiger partial charge in [-0.3, -0.25) is 14.7 Å². The molecule has 3 amide bonds. The number of nitrogens with zero attached hydrogens (tertiary/aromatic N) is 2. The highest BCUT2D eigenvalue weighted by Crippen LogP contribution is 2.37. The normalized spacial score (nSPS) is 24.8. The third-order valence-corrected chi connectivity index (χ3v) is 5.42. The smallest absolute Gasteiger partial charge is 0.323 e. The van der Waals surface area contributed by atoms with Crippen molar-refractivity contribution in [1.29, 1.82) is 0 Å². The third-order valence-electron chi connectivity index (χ3n) is 5.42. The number of aromatic nitrogens is 1. The molecule has 1 aromatic rings. The summed E-state index contributed by atoms with van der Waals surface area (Å²) in [6.45, 7) is 6.40. The highest BCUT2D eigenvalue weighted by Gasteiger charge is 2.55. The second kappa shape index (κ2) is 7.52. The minimum Gasteiger partial charge on any atom is -0.323 e. The number of imide groups is 1. The Balaban J connectivity index is 1.84. The molecule has 3 rings (SSSR count). The topological polar surface area (TPSA) is 74.3 Å². The van der Waals surface area contributed by atoms with Crippen LogP contribution >= 0.6 is 0 Å². The van der Waals surface area contributed by atoms with E-state index < -0.39 is 5.54 Å². The second-order valence-corrected chi connectivity index (χ2v) is 7.61. The van der Waals surface area contributed by atoms with Crippen molar-refractivity contribution >= 4 is 11.9 Å². The van der Waals surface area contributed by atoms with Crippen molar-refractivity contribution < 1.29 is 9.59 Å². The highest BCUT2D eigenvalue weighted by molar-refractivity contribution is 6.07. The first-order valence-corrected chi connectivity index (χ1v) is 9.26. The van der Waals surface area contributed by atoms with Gasteiger partial charge in [0.2, 0.25) is 0 Å². The third kappa shape index (κ3) is 3.68. The lowest BCUT2D eigenvalue weighted by molar-refractivity contribution is -0.134. The largest absolute Gasteiger partial charge is 0.325 e. The molecule has 0 aliphatic carbocycles. The van der Waals surface area contributed by atoms with Crippen molar-refractivity contribution in [3.8, 4) is 0 Å². The van der Waals surface area contributed by atoms with Crippen LogP contribution in [0.25, 0.3) is 0 Å². The Hall–Kier alpha value is -1.95. The number of hydrogen-bond donors (Lipinski definition) is 2. The molecule has 6 heteroatoms. The number of urea groups is 1. The van der Waals surface area contributed by atoms with E-state index in [0.717, 1.165) is 37.9 Å². The Labute approximate surface area is 149 Å². The number of carbonyl (C=O) groups excluding carboxylic acids is 2. The molecule has 0 saturated carbocycles. The molecule has 0 radical (unpaired) electrons. The Morgan fingerprint density at radius 1 is 1.32 bits per heavy atom. The van der Waals surface area contributed by atoms with Gasteiger partial charge in [0.15, 0.2) is 0 Å². The summed E-state index contributed by atoms with van der Waals surface area (Å²) in [5, 5.41) is 6.45. The van der Waals surface area contributed by atoms with Crippen LogP contribution < -0.4 is 10.6 Å². The zero-order chi connectivity index (χ0) is 17.9. The Morgan fingerprint density at radius 2 is 2.08 bits per heavy atom. The quantitative estimate of drug-likeness (QED) is 0.777. The second-order valence-electron chi connectivity index (χ2n) is 7.61. The van der Waals surface area contributed by atoms with Crippen molar-refractivity contribution in [3.05, 3.63) is 30.1 Å². The average Bonchev–Trinajstić information content (AvgIpc) is 2.87. The molecule has 1 atom stereocenters. The van der Waals surface area contributed by atoms with E-state index in [4.69, 9.17) is 0 Å². The number of rotatable bonds is 6. The lowest BCUT2D eigenvalue weighted by Gasteiger charge is -2.38. The number of pyridine rings is 1. The fourth-order valence-electron chi connectivity index (χ4n) is 3.94. The summed E-state index contributed by atoms with van der Waals surface area (Å²) in [5.74, 6) is 0.632. The van der Waals surface area contributed by atoms with E-state index in [9.17, 15) is 9.59 Å². The SMILES string of the molecule is CC(C)CC[C@@]1(C2CCNCC2)NC(=O)N(Cc2cccnc2)C1=O. The number of amides is 3. The molecule has 3 heterocycles. The number of piperidine rings is 1. The standard InChI is InChI=1S/C19H28N4O2/c1-14(2)5-8-19(16-6-10-20-11-7-16)17(24)23(18(25)22-19)13-15-4-3-9-21-12-15/h3-4,9,12,14,16,20H,5-8,10-11,13H2,1-2H3,(H,22,25)/t19-/m0/s1. The molecular formula is C19H28N4O2. The summed E-state index contributed by atoms with van der Waals surface area (Å²) < 4.78 is 0. The average molecular weight is 344 g/mol. The fourth-order valence-corrected chi connectivity index (χ4v) is 3.94. The molecule has 25 heavy (non-hydrogen) atoms. The molecule has 2 aliphatic rings. The van der Waals surface area contributed by atoms with Crippen LogP contribution in [0.4, 0.5) is 4.79 Å². The van der Waals surface area contributed by atoms with E-state index in [-0.39, 0.29) is 24.4 Å². The summed E-state index contributed by atoms with van der Waals surface area (Å²) in [6.07, 6.45) is 6.88. The summed E-state index contributed by atoms with van der Waals surface area (Å²) in [6, 6.07) is 3.45. The van der Waals surface area contributed by atoms with Gasteiger partial charge >= 0.3 is 6.03 Å². The maximum absolute atomic E-state index is 13.4. The van der Waals surface area contributed by atoms with Crippen molar-refractivity contribution in [2.75, 3.05) is 13.1 Å². The molecular weight excluding hydrogens is 316 g/mol. The van der Waals surface area contributed by atoms with Gasteiger partial charge in [-0.1, -0.05) is 19.9 Å². The van der Waals surface area contributed by atoms with Crippen LogP contribution in [0, 0.1) is 11.8 Å². The Kier molecular flexibility index (Phi) is 5.37. The van der Waals surface area contributed by atoms with E-state index >= 15 is 0 Å². The van der Waals surface area contributed by atoms with Gasteiger partial charge in [0.1, 0.15) is 5.54 Å². The minimum absolute atomic E-state index is 0.0612. The van der Waals surface area contributed by atoms with Crippen molar-refractivity contribution in [2.45, 2.75) is 51.6 Å². The minimum atomic E-state index is -0.744. The van der Waals surface area contributed by atoms with E-state index in [0.29, 0.717) is 12.3 Å². The Morgan fingerprint density at radius 3 is 2.72 bits per heavy atom. The van der Waals surface area contributed by atoms with Crippen LogP contribution in [-0.4, -0.2) is 40.5 Å². The van der Waals surface area contributed by atoms with Gasteiger partial charge in [0.25, 0.3) is 5.91 Å². The van der Waals surface area contributed by atoms with Gasteiger partial charge < -0.3 is 10.6 Å². The number of nitrogens with one attached hydrogen (secondary N) is 2. The number of hydrogen-bond acceptors (Lipinski definition) is 4.